The van der Waals surface area contributed by atoms with E-state index in [1.807, 2.05) is 22.6 Å². The smallest absolute Gasteiger partial charge is 0.208 e. The van der Waals surface area contributed by atoms with Crippen LogP contribution in [0.4, 0.5) is 0 Å². The summed E-state index contributed by atoms with van der Waals surface area (Å²) in [6.45, 7) is 3.42. The van der Waals surface area contributed by atoms with Gasteiger partial charge in [-0.15, -0.1) is 0 Å². The zero-order valence-electron chi connectivity index (χ0n) is 12.9. The first-order chi connectivity index (χ1) is 10.4. The largest absolute Gasteiger partial charge is 0.469 e. The number of carbonyl (C=O) groups is 2. The number of Topliss-reactive ketones (excluding diaryl/α,β-unsaturated/α-hetero) is 2. The lowest BCUT2D eigenvalue weighted by molar-refractivity contribution is -0.144. The van der Waals surface area contributed by atoms with Crippen molar-refractivity contribution in [2.24, 2.45) is 0 Å². The highest BCUT2D eigenvalue weighted by molar-refractivity contribution is 14.1. The van der Waals surface area contributed by atoms with E-state index < -0.39 is 17.2 Å². The topological polar surface area (TPSA) is 63.6 Å². The summed E-state index contributed by atoms with van der Waals surface area (Å²) in [5.41, 5.74) is -1.12. The molecule has 22 heavy (non-hydrogen) atoms. The van der Waals surface area contributed by atoms with Crippen molar-refractivity contribution in [1.29, 1.82) is 0 Å². The zero-order valence-corrected chi connectivity index (χ0v) is 15.1. The summed E-state index contributed by atoms with van der Waals surface area (Å²) in [5.74, 6) is -0.358. The van der Waals surface area contributed by atoms with Gasteiger partial charge < -0.3 is 9.84 Å². The maximum Gasteiger partial charge on any atom is 0.208 e. The van der Waals surface area contributed by atoms with Crippen molar-refractivity contribution in [3.05, 3.63) is 32.8 Å². The molecule has 2 aliphatic rings. The lowest BCUT2D eigenvalue weighted by Crippen LogP contribution is -2.48. The van der Waals surface area contributed by atoms with Crippen LogP contribution in [0.3, 0.4) is 0 Å². The molecular formula is C17H21IO4. The van der Waals surface area contributed by atoms with Crippen LogP contribution in [0.25, 0.3) is 0 Å². The maximum atomic E-state index is 12.2. The molecule has 1 atom stereocenters. The molecule has 120 valence electrons. The molecule has 1 N–H and O–H groups in total. The molecule has 0 fully saturated rings. The Labute approximate surface area is 144 Å². The van der Waals surface area contributed by atoms with Gasteiger partial charge in [0.2, 0.25) is 11.6 Å². The highest BCUT2D eigenvalue weighted by atomic mass is 127. The highest BCUT2D eigenvalue weighted by Crippen LogP contribution is 2.38. The van der Waals surface area contributed by atoms with Gasteiger partial charge in [0, 0.05) is 12.0 Å². The van der Waals surface area contributed by atoms with Crippen LogP contribution in [0.15, 0.2) is 32.8 Å². The zero-order chi connectivity index (χ0) is 16.3. The Kier molecular flexibility index (Phi) is 5.60. The van der Waals surface area contributed by atoms with E-state index >= 15 is 0 Å². The Morgan fingerprint density at radius 3 is 2.55 bits per heavy atom. The van der Waals surface area contributed by atoms with E-state index in [9.17, 15) is 14.7 Å². The summed E-state index contributed by atoms with van der Waals surface area (Å²) in [7, 11) is 0. The predicted octanol–water partition coefficient (Wildman–Crippen LogP) is 3.74. The van der Waals surface area contributed by atoms with Crippen LogP contribution in [0, 0.1) is 0 Å². The van der Waals surface area contributed by atoms with E-state index in [2.05, 4.69) is 6.92 Å². The van der Waals surface area contributed by atoms with Crippen LogP contribution in [-0.4, -0.2) is 22.3 Å². The van der Waals surface area contributed by atoms with Gasteiger partial charge in [0.15, 0.2) is 5.60 Å². The van der Waals surface area contributed by atoms with E-state index in [-0.39, 0.29) is 5.57 Å². The molecule has 2 rings (SSSR count). The van der Waals surface area contributed by atoms with E-state index in [1.165, 1.54) is 32.4 Å². The SMILES string of the molecule is CCCCCCCC1=CC2=C(I)C(=O)C(C)(O)C(=O)C2=CO1. The first-order valence-corrected chi connectivity index (χ1v) is 8.77. The first-order valence-electron chi connectivity index (χ1n) is 7.69. The molecule has 1 aliphatic carbocycles. The van der Waals surface area contributed by atoms with Crippen molar-refractivity contribution >= 4 is 34.2 Å². The minimum Gasteiger partial charge on any atom is -0.469 e. The molecule has 0 spiro atoms. The van der Waals surface area contributed by atoms with Gasteiger partial charge in [0.05, 0.1) is 9.15 Å². The number of ether oxygens (including phenoxy) is 1. The molecule has 0 aromatic heterocycles. The predicted molar refractivity (Wildman–Crippen MR) is 92.3 cm³/mol. The van der Waals surface area contributed by atoms with Gasteiger partial charge in [-0.05, 0) is 42.0 Å². The minimum atomic E-state index is -1.99. The Bertz CT molecular complexity index is 581. The van der Waals surface area contributed by atoms with Crippen LogP contribution >= 0.6 is 22.6 Å². The number of carbonyl (C=O) groups excluding carboxylic acids is 2. The highest BCUT2D eigenvalue weighted by Gasteiger charge is 2.47. The molecule has 0 saturated carbocycles. The lowest BCUT2D eigenvalue weighted by Gasteiger charge is -2.29. The third-order valence-electron chi connectivity index (χ3n) is 4.02. The van der Waals surface area contributed by atoms with Gasteiger partial charge in [-0.25, -0.2) is 0 Å². The van der Waals surface area contributed by atoms with Gasteiger partial charge >= 0.3 is 0 Å². The molecule has 0 radical (unpaired) electrons. The molecule has 0 aromatic carbocycles. The number of ketones is 2. The van der Waals surface area contributed by atoms with Crippen LogP contribution in [-0.2, 0) is 14.3 Å². The Hall–Kier alpha value is -0.950. The van der Waals surface area contributed by atoms with Crippen molar-refractivity contribution in [3.63, 3.8) is 0 Å². The number of fused-ring (bicyclic) bond motifs is 1. The van der Waals surface area contributed by atoms with E-state index in [0.717, 1.165) is 25.0 Å². The number of allylic oxidation sites excluding steroid dienone is 3. The first kappa shape index (κ1) is 17.4. The molecule has 0 aromatic rings. The quantitative estimate of drug-likeness (QED) is 0.407. The standard InChI is InChI=1S/C17H21IO4/c1-3-4-5-6-7-8-11-9-12-13(10-22-11)15(19)17(2,21)16(20)14(12)18/h9-10,21H,3-8H2,1-2H3. The third-order valence-corrected chi connectivity index (χ3v) is 5.09. The summed E-state index contributed by atoms with van der Waals surface area (Å²) in [6, 6.07) is 0. The van der Waals surface area contributed by atoms with Crippen molar-refractivity contribution < 1.29 is 19.4 Å². The average molecular weight is 416 g/mol. The summed E-state index contributed by atoms with van der Waals surface area (Å²) >= 11 is 1.90. The minimum absolute atomic E-state index is 0.281. The Balaban J connectivity index is 2.12. The second-order valence-electron chi connectivity index (χ2n) is 5.88. The summed E-state index contributed by atoms with van der Waals surface area (Å²) in [6.07, 6.45) is 9.77. The fourth-order valence-electron chi connectivity index (χ4n) is 2.56. The molecular weight excluding hydrogens is 395 g/mol. The summed E-state index contributed by atoms with van der Waals surface area (Å²) in [5, 5.41) is 10.1. The summed E-state index contributed by atoms with van der Waals surface area (Å²) in [4.78, 5) is 24.3. The van der Waals surface area contributed by atoms with E-state index in [0.29, 0.717) is 9.15 Å². The Morgan fingerprint density at radius 1 is 1.18 bits per heavy atom. The molecule has 5 heteroatoms. The number of rotatable bonds is 6. The van der Waals surface area contributed by atoms with Gasteiger partial charge in [0.1, 0.15) is 12.0 Å². The van der Waals surface area contributed by atoms with Crippen molar-refractivity contribution in [2.45, 2.75) is 58.0 Å². The molecule has 4 nitrogen and oxygen atoms in total. The van der Waals surface area contributed by atoms with Crippen LogP contribution in [0.2, 0.25) is 0 Å². The second-order valence-corrected chi connectivity index (χ2v) is 6.96. The molecule has 1 heterocycles. The van der Waals surface area contributed by atoms with Crippen molar-refractivity contribution in [2.75, 3.05) is 0 Å². The number of hydrogen-bond acceptors (Lipinski definition) is 4. The Morgan fingerprint density at radius 2 is 1.86 bits per heavy atom. The monoisotopic (exact) mass is 416 g/mol. The molecule has 1 aliphatic heterocycles. The van der Waals surface area contributed by atoms with Crippen molar-refractivity contribution in [3.8, 4) is 0 Å². The lowest BCUT2D eigenvalue weighted by atomic mass is 9.80. The number of hydrogen-bond donors (Lipinski definition) is 1. The normalized spacial score (nSPS) is 24.7. The van der Waals surface area contributed by atoms with Gasteiger partial charge in [0.25, 0.3) is 0 Å². The number of unbranched alkanes of at least 4 members (excludes halogenated alkanes) is 4. The third kappa shape index (κ3) is 3.35. The van der Waals surface area contributed by atoms with E-state index in [4.69, 9.17) is 4.74 Å². The number of halogens is 1. The van der Waals surface area contributed by atoms with Gasteiger partial charge in [-0.2, -0.15) is 0 Å². The number of aliphatic hydroxyl groups is 1. The van der Waals surface area contributed by atoms with Crippen molar-refractivity contribution in [1.82, 2.24) is 0 Å². The summed E-state index contributed by atoms with van der Waals surface area (Å²) < 4.78 is 5.91. The van der Waals surface area contributed by atoms with Gasteiger partial charge in [-0.3, -0.25) is 9.59 Å². The molecule has 0 amide bonds. The van der Waals surface area contributed by atoms with Gasteiger partial charge in [-0.1, -0.05) is 32.6 Å². The molecule has 0 saturated heterocycles. The van der Waals surface area contributed by atoms with E-state index in [1.54, 1.807) is 6.08 Å². The van der Waals surface area contributed by atoms with Crippen LogP contribution < -0.4 is 0 Å². The molecule has 0 bridgehead atoms. The van der Waals surface area contributed by atoms with Crippen LogP contribution in [0.5, 0.6) is 0 Å². The average Bonchev–Trinajstić information content (AvgIpc) is 2.51. The maximum absolute atomic E-state index is 12.2. The molecule has 1 unspecified atom stereocenters. The van der Waals surface area contributed by atoms with Crippen LogP contribution in [0.1, 0.15) is 52.4 Å². The second kappa shape index (κ2) is 7.08. The fourth-order valence-corrected chi connectivity index (χ4v) is 3.53. The fraction of sp³-hybridized carbons (Fsp3) is 0.529.